The van der Waals surface area contributed by atoms with E-state index in [-0.39, 0.29) is 30.6 Å². The number of carbonyl (C=O) groups excluding carboxylic acids is 2. The van der Waals surface area contributed by atoms with Crippen molar-refractivity contribution in [1.29, 1.82) is 0 Å². The molecule has 1 aromatic rings. The zero-order valence-corrected chi connectivity index (χ0v) is 13.9. The van der Waals surface area contributed by atoms with Crippen molar-refractivity contribution in [3.05, 3.63) is 29.8 Å². The van der Waals surface area contributed by atoms with Gasteiger partial charge in [0.05, 0.1) is 30.9 Å². The van der Waals surface area contributed by atoms with Gasteiger partial charge in [0.1, 0.15) is 5.75 Å². The molecule has 0 spiro atoms. The Balaban J connectivity index is 1.92. The van der Waals surface area contributed by atoms with E-state index in [1.165, 1.54) is 0 Å². The normalized spacial score (nSPS) is 20.9. The molecule has 1 heterocycles. The van der Waals surface area contributed by atoms with Crippen LogP contribution < -0.4 is 10.1 Å². The predicted octanol–water partition coefficient (Wildman–Crippen LogP) is 1.45. The third kappa shape index (κ3) is 4.69. The highest BCUT2D eigenvalue weighted by Gasteiger charge is 2.26. The standard InChI is InChI=1S/C17H24N2O4/c1-4-22-15-8-6-5-7-14(15)17(21)18-9-16(20)19-10-12(2)23-13(3)11-19/h5-8,12-13H,4,9-11H2,1-3H3,(H,18,21)/t12-,13+. The SMILES string of the molecule is CCOc1ccccc1C(=O)NCC(=O)N1C[C@@H](C)O[C@@H](C)C1. The molecule has 0 unspecified atom stereocenters. The number of nitrogens with zero attached hydrogens (tertiary/aromatic N) is 1. The summed E-state index contributed by atoms with van der Waals surface area (Å²) in [6.45, 7) is 7.29. The minimum Gasteiger partial charge on any atom is -0.493 e. The van der Waals surface area contributed by atoms with Gasteiger partial charge >= 0.3 is 0 Å². The van der Waals surface area contributed by atoms with Gasteiger partial charge < -0.3 is 19.7 Å². The second-order valence-electron chi connectivity index (χ2n) is 5.67. The maximum atomic E-state index is 12.3. The second kappa shape index (κ2) is 7.97. The maximum absolute atomic E-state index is 12.3. The van der Waals surface area contributed by atoms with Gasteiger partial charge in [0.2, 0.25) is 5.91 Å². The van der Waals surface area contributed by atoms with Crippen LogP contribution in [-0.4, -0.2) is 55.2 Å². The van der Waals surface area contributed by atoms with E-state index >= 15 is 0 Å². The van der Waals surface area contributed by atoms with Crippen LogP contribution in [0.1, 0.15) is 31.1 Å². The summed E-state index contributed by atoms with van der Waals surface area (Å²) >= 11 is 0. The van der Waals surface area contributed by atoms with E-state index in [0.717, 1.165) is 0 Å². The summed E-state index contributed by atoms with van der Waals surface area (Å²) in [5.41, 5.74) is 0.436. The van der Waals surface area contributed by atoms with Crippen LogP contribution in [-0.2, 0) is 9.53 Å². The Kier molecular flexibility index (Phi) is 5.98. The summed E-state index contributed by atoms with van der Waals surface area (Å²) in [7, 11) is 0. The summed E-state index contributed by atoms with van der Waals surface area (Å²) in [5.74, 6) is 0.111. The van der Waals surface area contributed by atoms with Gasteiger partial charge in [-0.2, -0.15) is 0 Å². The van der Waals surface area contributed by atoms with E-state index in [1.54, 1.807) is 23.1 Å². The van der Waals surface area contributed by atoms with E-state index < -0.39 is 0 Å². The number of para-hydroxylation sites is 1. The Bertz CT molecular complexity index is 551. The molecule has 1 fully saturated rings. The Morgan fingerprint density at radius 3 is 2.57 bits per heavy atom. The first-order valence-corrected chi connectivity index (χ1v) is 7.94. The van der Waals surface area contributed by atoms with Gasteiger partial charge in [-0.25, -0.2) is 0 Å². The first-order chi connectivity index (χ1) is 11.0. The van der Waals surface area contributed by atoms with Crippen molar-refractivity contribution in [3.63, 3.8) is 0 Å². The van der Waals surface area contributed by atoms with Crippen molar-refractivity contribution >= 4 is 11.8 Å². The zero-order chi connectivity index (χ0) is 16.8. The largest absolute Gasteiger partial charge is 0.493 e. The van der Waals surface area contributed by atoms with Crippen LogP contribution in [0.25, 0.3) is 0 Å². The van der Waals surface area contributed by atoms with Gasteiger partial charge in [0, 0.05) is 13.1 Å². The van der Waals surface area contributed by atoms with Gasteiger partial charge in [-0.15, -0.1) is 0 Å². The average molecular weight is 320 g/mol. The average Bonchev–Trinajstić information content (AvgIpc) is 2.52. The van der Waals surface area contributed by atoms with Crippen molar-refractivity contribution in [2.45, 2.75) is 33.0 Å². The molecule has 1 aliphatic rings. The third-order valence-electron chi connectivity index (χ3n) is 3.60. The molecule has 1 saturated heterocycles. The molecule has 6 nitrogen and oxygen atoms in total. The van der Waals surface area contributed by atoms with E-state index in [2.05, 4.69) is 5.32 Å². The first-order valence-electron chi connectivity index (χ1n) is 7.94. The molecule has 2 rings (SSSR count). The van der Waals surface area contributed by atoms with Crippen LogP contribution >= 0.6 is 0 Å². The molecule has 0 aliphatic carbocycles. The van der Waals surface area contributed by atoms with Gasteiger partial charge in [0.15, 0.2) is 0 Å². The monoisotopic (exact) mass is 320 g/mol. The number of benzene rings is 1. The van der Waals surface area contributed by atoms with Crippen LogP contribution in [0.3, 0.4) is 0 Å². The molecule has 0 saturated carbocycles. The van der Waals surface area contributed by atoms with Crippen LogP contribution in [0.5, 0.6) is 5.75 Å². The predicted molar refractivity (Wildman–Crippen MR) is 86.5 cm³/mol. The van der Waals surface area contributed by atoms with Crippen LogP contribution in [0.2, 0.25) is 0 Å². The highest BCUT2D eigenvalue weighted by molar-refractivity contribution is 5.98. The fourth-order valence-electron chi connectivity index (χ4n) is 2.68. The highest BCUT2D eigenvalue weighted by Crippen LogP contribution is 2.17. The Morgan fingerprint density at radius 1 is 1.26 bits per heavy atom. The zero-order valence-electron chi connectivity index (χ0n) is 13.9. The van der Waals surface area contributed by atoms with E-state index in [4.69, 9.17) is 9.47 Å². The van der Waals surface area contributed by atoms with E-state index in [0.29, 0.717) is 31.0 Å². The molecule has 1 N–H and O–H groups in total. The minimum atomic E-state index is -0.309. The lowest BCUT2D eigenvalue weighted by molar-refractivity contribution is -0.142. The lowest BCUT2D eigenvalue weighted by Crippen LogP contribution is -2.51. The number of amides is 2. The number of hydrogen-bond acceptors (Lipinski definition) is 4. The summed E-state index contributed by atoms with van der Waals surface area (Å²) in [4.78, 5) is 26.3. The van der Waals surface area contributed by atoms with Crippen molar-refractivity contribution in [1.82, 2.24) is 10.2 Å². The summed E-state index contributed by atoms with van der Waals surface area (Å²) in [6, 6.07) is 7.00. The quantitative estimate of drug-likeness (QED) is 0.892. The Morgan fingerprint density at radius 2 is 1.91 bits per heavy atom. The van der Waals surface area contributed by atoms with E-state index in [1.807, 2.05) is 26.8 Å². The molecule has 1 aromatic carbocycles. The number of hydrogen-bond donors (Lipinski definition) is 1. The van der Waals surface area contributed by atoms with Gasteiger partial charge in [-0.05, 0) is 32.9 Å². The molecule has 126 valence electrons. The summed E-state index contributed by atoms with van der Waals surface area (Å²) < 4.78 is 11.0. The molecule has 6 heteroatoms. The molecular weight excluding hydrogens is 296 g/mol. The van der Waals surface area contributed by atoms with Gasteiger partial charge in [0.25, 0.3) is 5.91 Å². The topological polar surface area (TPSA) is 67.9 Å². The second-order valence-corrected chi connectivity index (χ2v) is 5.67. The fraction of sp³-hybridized carbons (Fsp3) is 0.529. The van der Waals surface area contributed by atoms with Crippen molar-refractivity contribution in [2.75, 3.05) is 26.2 Å². The first kappa shape index (κ1) is 17.3. The maximum Gasteiger partial charge on any atom is 0.255 e. The molecule has 0 radical (unpaired) electrons. The molecule has 1 aliphatic heterocycles. The van der Waals surface area contributed by atoms with E-state index in [9.17, 15) is 9.59 Å². The Hall–Kier alpha value is -2.08. The van der Waals surface area contributed by atoms with Crippen LogP contribution in [0.4, 0.5) is 0 Å². The minimum absolute atomic E-state index is 0.0112. The van der Waals surface area contributed by atoms with Gasteiger partial charge in [-0.1, -0.05) is 12.1 Å². The molecule has 0 aromatic heterocycles. The molecular formula is C17H24N2O4. The molecule has 0 bridgehead atoms. The lowest BCUT2D eigenvalue weighted by Gasteiger charge is -2.35. The van der Waals surface area contributed by atoms with Crippen molar-refractivity contribution < 1.29 is 19.1 Å². The summed E-state index contributed by atoms with van der Waals surface area (Å²) in [6.07, 6.45) is 0.0224. The number of rotatable bonds is 5. The lowest BCUT2D eigenvalue weighted by atomic mass is 10.2. The number of carbonyl (C=O) groups is 2. The Labute approximate surface area is 136 Å². The van der Waals surface area contributed by atoms with Gasteiger partial charge in [-0.3, -0.25) is 9.59 Å². The van der Waals surface area contributed by atoms with Crippen molar-refractivity contribution in [3.8, 4) is 5.75 Å². The number of nitrogens with one attached hydrogen (secondary N) is 1. The van der Waals surface area contributed by atoms with Crippen LogP contribution in [0, 0.1) is 0 Å². The molecule has 23 heavy (non-hydrogen) atoms. The molecule has 2 atom stereocenters. The summed E-state index contributed by atoms with van der Waals surface area (Å²) in [5, 5.41) is 2.67. The third-order valence-corrected chi connectivity index (χ3v) is 3.60. The van der Waals surface area contributed by atoms with Crippen molar-refractivity contribution in [2.24, 2.45) is 0 Å². The smallest absolute Gasteiger partial charge is 0.255 e. The fourth-order valence-corrected chi connectivity index (χ4v) is 2.68. The highest BCUT2D eigenvalue weighted by atomic mass is 16.5. The van der Waals surface area contributed by atoms with Crippen LogP contribution in [0.15, 0.2) is 24.3 Å². The number of ether oxygens (including phenoxy) is 2. The molecule has 2 amide bonds. The number of morpholine rings is 1.